The van der Waals surface area contributed by atoms with Crippen LogP contribution in [0.5, 0.6) is 11.5 Å². The molecule has 1 saturated carbocycles. The Hall–Kier alpha value is -15.9. The van der Waals surface area contributed by atoms with Gasteiger partial charge in [-0.3, -0.25) is 24.0 Å². The molecular formula is C106H114Cl2N30O9S. The van der Waals surface area contributed by atoms with E-state index in [0.29, 0.717) is 122 Å². The zero-order valence-electron chi connectivity index (χ0n) is 82.1. The summed E-state index contributed by atoms with van der Waals surface area (Å²) in [6, 6.07) is 60.4. The average Bonchev–Trinajstić information content (AvgIpc) is 1.77. The number of ether oxygens (including phenoxy) is 2. The van der Waals surface area contributed by atoms with Gasteiger partial charge in [-0.05, 0) is 164 Å². The minimum Gasteiger partial charge on any atom is -0.454 e. The van der Waals surface area contributed by atoms with Crippen LogP contribution in [0.15, 0.2) is 273 Å². The molecular weight excluding hydrogens is 1940 g/mol. The van der Waals surface area contributed by atoms with Crippen molar-refractivity contribution in [2.45, 2.75) is 63.2 Å². The molecule has 5 aromatic carbocycles. The van der Waals surface area contributed by atoms with Gasteiger partial charge >= 0.3 is 0 Å². The number of fused-ring (bicyclic) bond motifs is 7. The van der Waals surface area contributed by atoms with Crippen molar-refractivity contribution in [3.05, 3.63) is 306 Å². The largest absolute Gasteiger partial charge is 0.454 e. The molecule has 0 spiro atoms. The Morgan fingerprint density at radius 3 is 1.09 bits per heavy atom. The van der Waals surface area contributed by atoms with Gasteiger partial charge in [-0.25, -0.2) is 65.4 Å². The standard InChI is InChI=1S/C19H19N5O3.C18H25N5O.C18H19N5O.2C17H16ClN5O.C17H19N5O2S/c25-19(12-14-1-2-15-16(11-14)27-13-26-15)23-9-7-22(8-10-23)18-4-3-17-20-5-6-24(17)21-18;2*24-18(14-15-4-2-1-3-5-15)22-12-10-21(11-13-22)17-7-6-16-19-8-9-23(16)20-17;18-14-3-1-2-13(12-14)17(24)22-10-8-21(9-11-22)16-5-4-15-19-6-7-23(15)20-16;18-14-4-2-1-3-13(14)17(24)22-11-9-21(10-12-22)16-6-5-15-19-7-8-23(15)20-16;1-14-2-4-15(5-3-14)25(23,24)21-12-10-20(11-13-21)17-7-6-16-18-8-9-22(16)19-17/h1-6,11H,7-10,12-13H2;6-9,15H,1-5,10-14H2;1-9H,10-14H2;1-7,12H,8-11H2;1-8H,9-12H2;2-9H,10-13H2,1H3. The van der Waals surface area contributed by atoms with E-state index in [1.807, 2.05) is 208 Å². The molecule has 8 aliphatic rings. The number of nitrogens with zero attached hydrogens (tertiary/aromatic N) is 30. The molecule has 25 rings (SSSR count). The number of aromatic nitrogens is 18. The molecule has 7 aliphatic heterocycles. The first-order valence-electron chi connectivity index (χ1n) is 50.1. The Bertz CT molecular complexity index is 7580. The quantitative estimate of drug-likeness (QED) is 0.0867. The van der Waals surface area contributed by atoms with E-state index in [9.17, 15) is 32.4 Å². The number of aryl methyl sites for hydroxylation is 1. The highest BCUT2D eigenvalue weighted by molar-refractivity contribution is 7.89. The number of rotatable bonds is 16. The molecule has 0 N–H and O–H groups in total. The highest BCUT2D eigenvalue weighted by atomic mass is 35.5. The molecule has 0 unspecified atom stereocenters. The van der Waals surface area contributed by atoms with Crippen molar-refractivity contribution in [1.29, 1.82) is 0 Å². The molecule has 39 nitrogen and oxygen atoms in total. The Balaban J connectivity index is 0.000000108. The molecule has 6 saturated heterocycles. The third-order valence-corrected chi connectivity index (χ3v) is 30.2. The Labute approximate surface area is 864 Å². The summed E-state index contributed by atoms with van der Waals surface area (Å²) in [6.07, 6.45) is 29.4. The number of benzene rings is 5. The minimum atomic E-state index is -3.44. The van der Waals surface area contributed by atoms with Crippen LogP contribution in [0.1, 0.15) is 75.9 Å². The highest BCUT2D eigenvalue weighted by Gasteiger charge is 2.34. The van der Waals surface area contributed by atoms with Gasteiger partial charge in [0.1, 0.15) is 34.9 Å². The minimum absolute atomic E-state index is 0.0155. The van der Waals surface area contributed by atoms with Crippen LogP contribution in [0.3, 0.4) is 0 Å². The number of imidazole rings is 6. The lowest BCUT2D eigenvalue weighted by Gasteiger charge is -2.36. The first-order chi connectivity index (χ1) is 72.3. The summed E-state index contributed by atoms with van der Waals surface area (Å²) in [4.78, 5) is 111. The zero-order valence-corrected chi connectivity index (χ0v) is 84.4. The summed E-state index contributed by atoms with van der Waals surface area (Å²) in [6.45, 7) is 19.2. The summed E-state index contributed by atoms with van der Waals surface area (Å²) in [5, 5.41) is 28.5. The van der Waals surface area contributed by atoms with Crippen LogP contribution < -0.4 is 38.9 Å². The zero-order chi connectivity index (χ0) is 101. The fraction of sp³-hybridized carbons (Fsp3) is 0.330. The predicted octanol–water partition coefficient (Wildman–Crippen LogP) is 11.6. The number of carbonyl (C=O) groups excluding carboxylic acids is 5. The maximum Gasteiger partial charge on any atom is 0.255 e. The Kier molecular flexibility index (Phi) is 31.0. The molecule has 148 heavy (non-hydrogen) atoms. The molecule has 762 valence electrons. The molecule has 0 radical (unpaired) electrons. The molecule has 12 aromatic heterocycles. The van der Waals surface area contributed by atoms with Gasteiger partial charge in [0.2, 0.25) is 34.5 Å². The van der Waals surface area contributed by atoms with E-state index in [1.54, 1.807) is 123 Å². The van der Waals surface area contributed by atoms with Gasteiger partial charge in [-0.1, -0.05) is 115 Å². The van der Waals surface area contributed by atoms with Crippen molar-refractivity contribution >= 4 is 132 Å². The highest BCUT2D eigenvalue weighted by Crippen LogP contribution is 2.34. The molecule has 7 fully saturated rings. The number of halogens is 2. The van der Waals surface area contributed by atoms with Gasteiger partial charge in [-0.2, -0.15) is 4.31 Å². The van der Waals surface area contributed by atoms with Gasteiger partial charge < -0.3 is 63.4 Å². The van der Waals surface area contributed by atoms with E-state index >= 15 is 0 Å². The van der Waals surface area contributed by atoms with Gasteiger partial charge in [0.15, 0.2) is 45.4 Å². The van der Waals surface area contributed by atoms with Crippen molar-refractivity contribution in [3.63, 3.8) is 0 Å². The van der Waals surface area contributed by atoms with Crippen LogP contribution in [0.25, 0.3) is 33.9 Å². The first-order valence-corrected chi connectivity index (χ1v) is 52.2. The molecule has 19 heterocycles. The van der Waals surface area contributed by atoms with Crippen LogP contribution >= 0.6 is 23.2 Å². The lowest BCUT2D eigenvalue weighted by Crippen LogP contribution is -2.49. The van der Waals surface area contributed by atoms with Gasteiger partial charge in [0.05, 0.1) is 28.3 Å². The van der Waals surface area contributed by atoms with E-state index in [0.717, 1.165) is 189 Å². The number of anilines is 6. The SMILES string of the molecule is Cc1ccc(S(=O)(=O)N2CCN(c3ccc4nccn4n3)CC2)cc1.O=C(CC1CCCCC1)N1CCN(c2ccc3nccn3n2)CC1.O=C(Cc1ccc2c(c1)OCO2)N1CCN(c2ccc3nccn3n2)CC1.O=C(Cc1ccccc1)N1CCN(c2ccc3nccn3n2)CC1.O=C(c1cccc(Cl)c1)N1CCN(c2ccc3nccn3n2)CC1.O=C(c1ccccc1Cl)N1CCN(c2ccc3nccn3n2)CC1. The van der Waals surface area contributed by atoms with E-state index in [-0.39, 0.29) is 30.4 Å². The Morgan fingerprint density at radius 2 is 0.689 bits per heavy atom. The van der Waals surface area contributed by atoms with Crippen LogP contribution in [0.2, 0.25) is 10.0 Å². The number of carbonyl (C=O) groups is 5. The van der Waals surface area contributed by atoms with Crippen LogP contribution in [0, 0.1) is 12.8 Å². The summed E-state index contributed by atoms with van der Waals surface area (Å²) >= 11 is 12.1. The summed E-state index contributed by atoms with van der Waals surface area (Å²) in [5.41, 5.74) is 9.23. The van der Waals surface area contributed by atoms with Crippen molar-refractivity contribution in [2.75, 3.05) is 193 Å². The fourth-order valence-corrected chi connectivity index (χ4v) is 21.1. The maximum atomic E-state index is 12.8. The fourth-order valence-electron chi connectivity index (χ4n) is 19.3. The Morgan fingerprint density at radius 1 is 0.331 bits per heavy atom. The number of hydrogen-bond acceptors (Lipinski definition) is 27. The van der Waals surface area contributed by atoms with Gasteiger partial charge in [-0.15, -0.1) is 30.6 Å². The smallest absolute Gasteiger partial charge is 0.255 e. The lowest BCUT2D eigenvalue weighted by atomic mass is 9.86. The van der Waals surface area contributed by atoms with Crippen LogP contribution in [0.4, 0.5) is 34.9 Å². The van der Waals surface area contributed by atoms with Crippen molar-refractivity contribution in [2.24, 2.45) is 5.92 Å². The van der Waals surface area contributed by atoms with Crippen LogP contribution in [-0.4, -0.2) is 318 Å². The summed E-state index contributed by atoms with van der Waals surface area (Å²) in [7, 11) is -3.44. The van der Waals surface area contributed by atoms with Crippen molar-refractivity contribution in [1.82, 2.24) is 116 Å². The lowest BCUT2D eigenvalue weighted by molar-refractivity contribution is -0.133. The summed E-state index contributed by atoms with van der Waals surface area (Å²) in [5.74, 6) is 8.17. The van der Waals surface area contributed by atoms with E-state index in [1.165, 1.54) is 32.1 Å². The summed E-state index contributed by atoms with van der Waals surface area (Å²) < 4.78 is 48.4. The van der Waals surface area contributed by atoms with E-state index < -0.39 is 10.0 Å². The van der Waals surface area contributed by atoms with E-state index in [2.05, 4.69) is 89.9 Å². The molecule has 17 aromatic rings. The third kappa shape index (κ3) is 24.1. The number of amides is 5. The van der Waals surface area contributed by atoms with Crippen LogP contribution in [-0.2, 0) is 37.2 Å². The third-order valence-electron chi connectivity index (χ3n) is 27.7. The second-order valence-corrected chi connectivity index (χ2v) is 39.9. The monoisotopic (exact) mass is 2050 g/mol. The molecule has 0 bridgehead atoms. The number of piperazine rings is 6. The number of hydrogen-bond donors (Lipinski definition) is 0. The molecule has 1 aliphatic carbocycles. The predicted molar refractivity (Wildman–Crippen MR) is 563 cm³/mol. The topological polar surface area (TPSA) is 358 Å². The second kappa shape index (κ2) is 46.2. The van der Waals surface area contributed by atoms with Crippen molar-refractivity contribution in [3.8, 4) is 11.5 Å². The molecule has 42 heteroatoms. The number of sulfonamides is 1. The molecule has 0 atom stereocenters. The second-order valence-electron chi connectivity index (χ2n) is 37.1. The van der Waals surface area contributed by atoms with Crippen molar-refractivity contribution < 1.29 is 41.9 Å². The first kappa shape index (κ1) is 99.4. The average molecular weight is 2060 g/mol. The van der Waals surface area contributed by atoms with Gasteiger partial charge in [0, 0.05) is 248 Å². The van der Waals surface area contributed by atoms with E-state index in [4.69, 9.17) is 32.7 Å². The maximum absolute atomic E-state index is 12.8. The van der Waals surface area contributed by atoms with Gasteiger partial charge in [0.25, 0.3) is 11.8 Å². The molecule has 5 amide bonds. The normalized spacial score (nSPS) is 16.2.